The van der Waals surface area contributed by atoms with Gasteiger partial charge in [0.1, 0.15) is 19.5 Å². The van der Waals surface area contributed by atoms with E-state index >= 15 is 0 Å². The van der Waals surface area contributed by atoms with Crippen molar-refractivity contribution in [3.63, 3.8) is 0 Å². The molecule has 0 unspecified atom stereocenters. The fourth-order valence-electron chi connectivity index (χ4n) is 4.51. The molecule has 0 aliphatic carbocycles. The van der Waals surface area contributed by atoms with Gasteiger partial charge in [-0.3, -0.25) is 0 Å². The average molecular weight is 473 g/mol. The molecule has 4 heteroatoms. The van der Waals surface area contributed by atoms with E-state index in [2.05, 4.69) is 102 Å². The molecule has 1 aliphatic rings. The van der Waals surface area contributed by atoms with E-state index in [1.165, 1.54) is 11.1 Å². The Morgan fingerprint density at radius 2 is 0.892 bits per heavy atom. The normalized spacial score (nSPS) is 13.4. The summed E-state index contributed by atoms with van der Waals surface area (Å²) >= 11 is 0. The van der Waals surface area contributed by atoms with Crippen molar-refractivity contribution in [2.45, 2.75) is 6.17 Å². The lowest BCUT2D eigenvalue weighted by Crippen LogP contribution is -2.36. The predicted molar refractivity (Wildman–Crippen MR) is 155 cm³/mol. The second kappa shape index (κ2) is 10.1. The third-order valence-electron chi connectivity index (χ3n) is 6.46. The first-order valence-corrected chi connectivity index (χ1v) is 12.3. The maximum absolute atomic E-state index is 5.95. The SMILES string of the molecule is [B]c1ccc(C2N=C(c3cccc(-c4ccccc4)c3)NC(c3cccc(-c4ccccc4)c3)=N2)cc1. The van der Waals surface area contributed by atoms with Crippen molar-refractivity contribution in [3.8, 4) is 22.3 Å². The number of nitrogens with zero attached hydrogens (tertiary/aromatic N) is 2. The van der Waals surface area contributed by atoms with Crippen molar-refractivity contribution in [2.24, 2.45) is 9.98 Å². The molecule has 1 aliphatic heterocycles. The maximum atomic E-state index is 5.95. The second-order valence-corrected chi connectivity index (χ2v) is 9.01. The molecular weight excluding hydrogens is 449 g/mol. The summed E-state index contributed by atoms with van der Waals surface area (Å²) in [5, 5.41) is 3.53. The van der Waals surface area contributed by atoms with Gasteiger partial charge in [-0.05, 0) is 39.9 Å². The molecule has 174 valence electrons. The number of aliphatic imine (C=N–C) groups is 2. The van der Waals surface area contributed by atoms with Gasteiger partial charge >= 0.3 is 0 Å². The summed E-state index contributed by atoms with van der Waals surface area (Å²) in [5.74, 6) is 1.57. The van der Waals surface area contributed by atoms with E-state index in [-0.39, 0.29) is 6.17 Å². The quantitative estimate of drug-likeness (QED) is 0.299. The van der Waals surface area contributed by atoms with Gasteiger partial charge in [-0.2, -0.15) is 0 Å². The summed E-state index contributed by atoms with van der Waals surface area (Å²) < 4.78 is 0. The number of amidine groups is 2. The molecule has 0 fully saturated rings. The zero-order chi connectivity index (χ0) is 25.0. The Kier molecular flexibility index (Phi) is 6.22. The Bertz CT molecular complexity index is 1490. The van der Waals surface area contributed by atoms with Gasteiger partial charge in [-0.1, -0.05) is 127 Å². The summed E-state index contributed by atoms with van der Waals surface area (Å²) in [6.07, 6.45) is -0.382. The van der Waals surface area contributed by atoms with E-state index in [9.17, 15) is 0 Å². The standard InChI is InChI=1S/C33H24BN3/c34-30-19-17-25(18-20-30)31-35-32(28-15-7-13-26(21-28)23-9-3-1-4-10-23)37-33(36-31)29-16-8-14-27(22-29)24-11-5-2-6-12-24/h1-22,31H,(H,35,36,37). The van der Waals surface area contributed by atoms with Crippen LogP contribution in [0.15, 0.2) is 143 Å². The highest BCUT2D eigenvalue weighted by molar-refractivity contribution is 6.32. The molecule has 0 saturated heterocycles. The first-order valence-electron chi connectivity index (χ1n) is 12.3. The molecule has 3 nitrogen and oxygen atoms in total. The van der Waals surface area contributed by atoms with Crippen molar-refractivity contribution in [1.82, 2.24) is 5.32 Å². The topological polar surface area (TPSA) is 36.8 Å². The Labute approximate surface area is 218 Å². The number of benzene rings is 5. The van der Waals surface area contributed by atoms with Crippen molar-refractivity contribution < 1.29 is 0 Å². The Morgan fingerprint density at radius 1 is 0.459 bits per heavy atom. The molecule has 0 aromatic heterocycles. The summed E-state index contributed by atoms with van der Waals surface area (Å²) in [6, 6.07) is 45.4. The van der Waals surface area contributed by atoms with Crippen LogP contribution in [0.1, 0.15) is 22.9 Å². The van der Waals surface area contributed by atoms with Crippen molar-refractivity contribution in [3.05, 3.63) is 150 Å². The van der Waals surface area contributed by atoms with Crippen LogP contribution >= 0.6 is 0 Å². The van der Waals surface area contributed by atoms with Crippen LogP contribution in [0.2, 0.25) is 0 Å². The van der Waals surface area contributed by atoms with Gasteiger partial charge in [-0.25, -0.2) is 9.98 Å². The third kappa shape index (κ3) is 5.00. The minimum absolute atomic E-state index is 0.382. The van der Waals surface area contributed by atoms with Crippen LogP contribution in [0.4, 0.5) is 0 Å². The van der Waals surface area contributed by atoms with E-state index in [4.69, 9.17) is 17.8 Å². The van der Waals surface area contributed by atoms with Gasteiger partial charge in [-0.15, -0.1) is 0 Å². The minimum atomic E-state index is -0.382. The van der Waals surface area contributed by atoms with Crippen LogP contribution in [-0.4, -0.2) is 19.5 Å². The Balaban J connectivity index is 1.42. The number of nitrogens with one attached hydrogen (secondary N) is 1. The number of hydrogen-bond donors (Lipinski definition) is 1. The summed E-state index contributed by atoms with van der Waals surface area (Å²) in [6.45, 7) is 0. The van der Waals surface area contributed by atoms with E-state index in [0.717, 1.165) is 45.0 Å². The molecule has 0 atom stereocenters. The number of rotatable bonds is 5. The summed E-state index contributed by atoms with van der Waals surface area (Å²) in [5.41, 5.74) is 8.34. The van der Waals surface area contributed by atoms with Gasteiger partial charge in [0, 0.05) is 11.1 Å². The fourth-order valence-corrected chi connectivity index (χ4v) is 4.51. The maximum Gasteiger partial charge on any atom is 0.169 e. The molecule has 0 amide bonds. The lowest BCUT2D eigenvalue weighted by atomic mass is 9.95. The van der Waals surface area contributed by atoms with Gasteiger partial charge in [0.25, 0.3) is 0 Å². The van der Waals surface area contributed by atoms with Crippen LogP contribution in [0.25, 0.3) is 22.3 Å². The summed E-state index contributed by atoms with van der Waals surface area (Å²) in [7, 11) is 5.95. The fraction of sp³-hybridized carbons (Fsp3) is 0.0303. The van der Waals surface area contributed by atoms with Gasteiger partial charge in [0.05, 0.1) is 0 Å². The highest BCUT2D eigenvalue weighted by Crippen LogP contribution is 2.27. The lowest BCUT2D eigenvalue weighted by molar-refractivity contribution is 0.756. The first kappa shape index (κ1) is 22.7. The van der Waals surface area contributed by atoms with Gasteiger partial charge in [0.15, 0.2) is 6.17 Å². The minimum Gasteiger partial charge on any atom is -0.324 e. The first-order chi connectivity index (χ1) is 18.2. The average Bonchev–Trinajstić information content (AvgIpc) is 2.98. The highest BCUT2D eigenvalue weighted by Gasteiger charge is 2.21. The third-order valence-corrected chi connectivity index (χ3v) is 6.46. The van der Waals surface area contributed by atoms with Crippen LogP contribution in [0, 0.1) is 0 Å². The predicted octanol–water partition coefficient (Wildman–Crippen LogP) is 6.31. The molecule has 5 aromatic rings. The number of hydrogen-bond acceptors (Lipinski definition) is 3. The van der Waals surface area contributed by atoms with Crippen LogP contribution in [-0.2, 0) is 0 Å². The van der Waals surface area contributed by atoms with Gasteiger partial charge < -0.3 is 5.32 Å². The highest BCUT2D eigenvalue weighted by atomic mass is 15.2. The molecule has 2 radical (unpaired) electrons. The zero-order valence-electron chi connectivity index (χ0n) is 20.3. The molecule has 0 spiro atoms. The molecule has 0 bridgehead atoms. The van der Waals surface area contributed by atoms with E-state index in [0.29, 0.717) is 0 Å². The van der Waals surface area contributed by atoms with Crippen LogP contribution in [0.5, 0.6) is 0 Å². The Morgan fingerprint density at radius 3 is 1.38 bits per heavy atom. The molecule has 37 heavy (non-hydrogen) atoms. The largest absolute Gasteiger partial charge is 0.324 e. The Hall–Kier alpha value is -4.70. The smallest absolute Gasteiger partial charge is 0.169 e. The van der Waals surface area contributed by atoms with Crippen molar-refractivity contribution in [1.29, 1.82) is 0 Å². The van der Waals surface area contributed by atoms with Crippen LogP contribution < -0.4 is 10.8 Å². The van der Waals surface area contributed by atoms with Gasteiger partial charge in [0.2, 0.25) is 0 Å². The molecule has 1 heterocycles. The monoisotopic (exact) mass is 473 g/mol. The second-order valence-electron chi connectivity index (χ2n) is 9.01. The molecule has 6 rings (SSSR count). The molecule has 1 N–H and O–H groups in total. The summed E-state index contributed by atoms with van der Waals surface area (Å²) in [4.78, 5) is 10.0. The molecule has 0 saturated carbocycles. The molecule has 5 aromatic carbocycles. The lowest BCUT2D eigenvalue weighted by Gasteiger charge is -2.23. The van der Waals surface area contributed by atoms with E-state index in [1.807, 2.05) is 36.4 Å². The van der Waals surface area contributed by atoms with Crippen LogP contribution in [0.3, 0.4) is 0 Å². The van der Waals surface area contributed by atoms with Crippen molar-refractivity contribution >= 4 is 25.0 Å². The van der Waals surface area contributed by atoms with E-state index in [1.54, 1.807) is 0 Å². The molecular formula is C33H24BN3. The zero-order valence-corrected chi connectivity index (χ0v) is 20.3. The van der Waals surface area contributed by atoms with Crippen molar-refractivity contribution in [2.75, 3.05) is 0 Å². The van der Waals surface area contributed by atoms with E-state index < -0.39 is 0 Å².